The lowest BCUT2D eigenvalue weighted by Crippen LogP contribution is -2.34. The molecule has 3 aromatic rings. The molecule has 0 fully saturated rings. The van der Waals surface area contributed by atoms with Crippen LogP contribution in [0.2, 0.25) is 0 Å². The molecule has 1 aromatic heterocycles. The molecule has 0 unspecified atom stereocenters. The number of aryl methyl sites for hydroxylation is 2. The van der Waals surface area contributed by atoms with Gasteiger partial charge in [0, 0.05) is 25.4 Å². The van der Waals surface area contributed by atoms with E-state index < -0.39 is 23.1 Å². The summed E-state index contributed by atoms with van der Waals surface area (Å²) in [7, 11) is 1.53. The van der Waals surface area contributed by atoms with E-state index in [4.69, 9.17) is 4.74 Å². The third kappa shape index (κ3) is 5.79. The van der Waals surface area contributed by atoms with Gasteiger partial charge in [0.25, 0.3) is 5.91 Å². The molecule has 3 rings (SSSR count). The van der Waals surface area contributed by atoms with Crippen molar-refractivity contribution in [3.8, 4) is 11.4 Å². The topological polar surface area (TPSA) is 64.4 Å². The van der Waals surface area contributed by atoms with Crippen molar-refractivity contribution in [3.05, 3.63) is 87.3 Å². The molecule has 0 bridgehead atoms. The molecule has 174 valence electrons. The molecule has 0 saturated carbocycles. The molecule has 0 atom stereocenters. The van der Waals surface area contributed by atoms with Crippen molar-refractivity contribution in [3.63, 3.8) is 0 Å². The molecule has 1 amide bonds. The fourth-order valence-electron chi connectivity index (χ4n) is 3.26. The zero-order valence-electron chi connectivity index (χ0n) is 18.5. The number of alkyl halides is 3. The molecule has 6 nitrogen and oxygen atoms in total. The summed E-state index contributed by atoms with van der Waals surface area (Å²) in [5.41, 5.74) is -0.389. The monoisotopic (exact) mass is 459 g/mol. The number of hydrogen-bond donors (Lipinski definition) is 0. The molecular formula is C24H24F3N3O3. The van der Waals surface area contributed by atoms with Gasteiger partial charge in [0.2, 0.25) is 5.43 Å². The summed E-state index contributed by atoms with van der Waals surface area (Å²) in [6, 6.07) is 13.3. The van der Waals surface area contributed by atoms with Crippen LogP contribution < -0.4 is 10.2 Å². The first-order chi connectivity index (χ1) is 15.6. The molecule has 1 heterocycles. The van der Waals surface area contributed by atoms with E-state index >= 15 is 0 Å². The molecule has 0 aliphatic heterocycles. The highest BCUT2D eigenvalue weighted by Crippen LogP contribution is 2.30. The Hall–Kier alpha value is -3.62. The van der Waals surface area contributed by atoms with Crippen LogP contribution in [0.15, 0.2) is 59.4 Å². The molecule has 33 heavy (non-hydrogen) atoms. The summed E-state index contributed by atoms with van der Waals surface area (Å²) in [5, 5.41) is 4.09. The Kier molecular flexibility index (Phi) is 7.20. The smallest absolute Gasteiger partial charge is 0.416 e. The second-order valence-electron chi connectivity index (χ2n) is 7.65. The maximum absolute atomic E-state index is 13.1. The van der Waals surface area contributed by atoms with Crippen LogP contribution in [0, 0.1) is 13.8 Å². The van der Waals surface area contributed by atoms with Crippen LogP contribution in [-0.4, -0.2) is 40.8 Å². The van der Waals surface area contributed by atoms with Crippen molar-refractivity contribution in [2.75, 3.05) is 20.2 Å². The lowest BCUT2D eigenvalue weighted by atomic mass is 10.2. The first-order valence-electron chi connectivity index (χ1n) is 10.3. The lowest BCUT2D eigenvalue weighted by molar-refractivity contribution is -0.137. The molecule has 0 saturated heterocycles. The van der Waals surface area contributed by atoms with Crippen molar-refractivity contribution >= 4 is 5.91 Å². The zero-order valence-corrected chi connectivity index (χ0v) is 18.5. The normalized spacial score (nSPS) is 11.3. The summed E-state index contributed by atoms with van der Waals surface area (Å²) >= 11 is 0. The molecule has 2 aromatic carbocycles. The fourth-order valence-corrected chi connectivity index (χ4v) is 3.26. The Morgan fingerprint density at radius 3 is 2.52 bits per heavy atom. The SMILES string of the molecule is Cc1ccccc1OCCCN(C)C(=O)c1nn(-c2cccc(C(F)(F)F)c2)c(C)cc1=O. The van der Waals surface area contributed by atoms with Crippen LogP contribution in [-0.2, 0) is 6.18 Å². The highest BCUT2D eigenvalue weighted by molar-refractivity contribution is 5.91. The number of aromatic nitrogens is 2. The van der Waals surface area contributed by atoms with Crippen LogP contribution in [0.4, 0.5) is 13.2 Å². The predicted molar refractivity (Wildman–Crippen MR) is 118 cm³/mol. The predicted octanol–water partition coefficient (Wildman–Crippen LogP) is 4.41. The summed E-state index contributed by atoms with van der Waals surface area (Å²) in [6.07, 6.45) is -4.01. The number of nitrogens with zero attached hydrogens (tertiary/aromatic N) is 3. The van der Waals surface area contributed by atoms with E-state index in [1.807, 2.05) is 31.2 Å². The third-order valence-electron chi connectivity index (χ3n) is 5.06. The third-order valence-corrected chi connectivity index (χ3v) is 5.06. The van der Waals surface area contributed by atoms with Crippen LogP contribution in [0.3, 0.4) is 0 Å². The number of carbonyl (C=O) groups is 1. The minimum atomic E-state index is -4.53. The number of para-hydroxylation sites is 1. The van der Waals surface area contributed by atoms with Gasteiger partial charge in [-0.15, -0.1) is 0 Å². The average Bonchev–Trinajstić information content (AvgIpc) is 2.77. The minimum Gasteiger partial charge on any atom is -0.493 e. The van der Waals surface area contributed by atoms with Gasteiger partial charge in [-0.25, -0.2) is 4.68 Å². The Labute approximate surface area is 189 Å². The molecule has 0 radical (unpaired) electrons. The van der Waals surface area contributed by atoms with Gasteiger partial charge in [-0.3, -0.25) is 9.59 Å². The first-order valence-corrected chi connectivity index (χ1v) is 10.3. The molecular weight excluding hydrogens is 435 g/mol. The van der Waals surface area contributed by atoms with Crippen molar-refractivity contribution < 1.29 is 22.7 Å². The number of rotatable bonds is 7. The van der Waals surface area contributed by atoms with Gasteiger partial charge in [-0.2, -0.15) is 18.3 Å². The Balaban J connectivity index is 1.74. The molecule has 0 spiro atoms. The summed E-state index contributed by atoms with van der Waals surface area (Å²) in [5.74, 6) is 0.146. The van der Waals surface area contributed by atoms with E-state index in [9.17, 15) is 22.8 Å². The number of carbonyl (C=O) groups excluding carboxylic acids is 1. The van der Waals surface area contributed by atoms with E-state index in [2.05, 4.69) is 5.10 Å². The van der Waals surface area contributed by atoms with Gasteiger partial charge in [0.05, 0.1) is 17.9 Å². The van der Waals surface area contributed by atoms with E-state index in [1.54, 1.807) is 0 Å². The molecule has 9 heteroatoms. The highest BCUT2D eigenvalue weighted by Gasteiger charge is 2.30. The Morgan fingerprint density at radius 1 is 1.09 bits per heavy atom. The highest BCUT2D eigenvalue weighted by atomic mass is 19.4. The van der Waals surface area contributed by atoms with Crippen molar-refractivity contribution in [2.45, 2.75) is 26.4 Å². The average molecular weight is 459 g/mol. The van der Waals surface area contributed by atoms with Gasteiger partial charge >= 0.3 is 6.18 Å². The molecule has 0 aliphatic rings. The van der Waals surface area contributed by atoms with E-state index in [0.29, 0.717) is 25.3 Å². The van der Waals surface area contributed by atoms with E-state index in [-0.39, 0.29) is 11.4 Å². The second kappa shape index (κ2) is 9.89. The molecule has 0 aliphatic carbocycles. The largest absolute Gasteiger partial charge is 0.493 e. The van der Waals surface area contributed by atoms with Crippen molar-refractivity contribution in [1.82, 2.24) is 14.7 Å². The van der Waals surface area contributed by atoms with Crippen molar-refractivity contribution in [1.29, 1.82) is 0 Å². The zero-order chi connectivity index (χ0) is 24.2. The lowest BCUT2D eigenvalue weighted by Gasteiger charge is -2.18. The first kappa shape index (κ1) is 24.0. The second-order valence-corrected chi connectivity index (χ2v) is 7.65. The Morgan fingerprint density at radius 2 is 1.82 bits per heavy atom. The molecule has 0 N–H and O–H groups in total. The number of ether oxygens (including phenoxy) is 1. The maximum Gasteiger partial charge on any atom is 0.416 e. The fraction of sp³-hybridized carbons (Fsp3) is 0.292. The van der Waals surface area contributed by atoms with Gasteiger partial charge < -0.3 is 9.64 Å². The summed E-state index contributed by atoms with van der Waals surface area (Å²) < 4.78 is 46.1. The van der Waals surface area contributed by atoms with Crippen LogP contribution >= 0.6 is 0 Å². The summed E-state index contributed by atoms with van der Waals surface area (Å²) in [4.78, 5) is 26.6. The number of benzene rings is 2. The standard InChI is InChI=1S/C24H24F3N3O3/c1-16-8-4-5-11-21(16)33-13-7-12-29(3)23(32)22-20(31)14-17(2)30(28-22)19-10-6-9-18(15-19)24(25,26)27/h4-6,8-11,14-15H,7,12-13H2,1-3H3. The van der Waals surface area contributed by atoms with E-state index in [0.717, 1.165) is 23.4 Å². The Bertz CT molecular complexity index is 1210. The van der Waals surface area contributed by atoms with Crippen LogP contribution in [0.5, 0.6) is 5.75 Å². The number of amides is 1. The summed E-state index contributed by atoms with van der Waals surface area (Å²) in [6.45, 7) is 4.15. The van der Waals surface area contributed by atoms with Crippen LogP contribution in [0.1, 0.15) is 33.7 Å². The van der Waals surface area contributed by atoms with Crippen molar-refractivity contribution in [2.24, 2.45) is 0 Å². The quantitative estimate of drug-likeness (QED) is 0.491. The van der Waals surface area contributed by atoms with E-state index in [1.165, 1.54) is 41.8 Å². The van der Waals surface area contributed by atoms with Crippen LogP contribution in [0.25, 0.3) is 5.69 Å². The number of hydrogen-bond acceptors (Lipinski definition) is 4. The minimum absolute atomic E-state index is 0.102. The number of halogens is 3. The van der Waals surface area contributed by atoms with Gasteiger partial charge in [0.15, 0.2) is 5.69 Å². The van der Waals surface area contributed by atoms with Gasteiger partial charge in [0.1, 0.15) is 5.75 Å². The van der Waals surface area contributed by atoms with Gasteiger partial charge in [-0.1, -0.05) is 24.3 Å². The maximum atomic E-state index is 13.1. The van der Waals surface area contributed by atoms with Gasteiger partial charge in [-0.05, 0) is 50.1 Å².